The van der Waals surface area contributed by atoms with Gasteiger partial charge in [-0.05, 0) is 65.4 Å². The van der Waals surface area contributed by atoms with Crippen molar-refractivity contribution in [3.05, 3.63) is 19.6 Å². The Morgan fingerprint density at radius 1 is 0.575 bits per heavy atom. The van der Waals surface area contributed by atoms with Crippen LogP contribution in [0.25, 0.3) is 0 Å². The van der Waals surface area contributed by atoms with Crippen molar-refractivity contribution in [1.82, 2.24) is 0 Å². The third-order valence-corrected chi connectivity index (χ3v) is 13.6. The van der Waals surface area contributed by atoms with E-state index in [1.54, 1.807) is 27.7 Å². The fourth-order valence-electron chi connectivity index (χ4n) is 4.33. The number of hydrogen-bond donors (Lipinski definition) is 0. The van der Waals surface area contributed by atoms with Gasteiger partial charge in [-0.1, -0.05) is 70.4 Å². The summed E-state index contributed by atoms with van der Waals surface area (Å²) in [6.07, 6.45) is 8.03. The predicted octanol–water partition coefficient (Wildman–Crippen LogP) is 6.73. The number of carbonyl (C=O) groups excluding carboxylic acids is 4. The van der Waals surface area contributed by atoms with Gasteiger partial charge in [-0.2, -0.15) is 0 Å². The highest BCUT2D eigenvalue weighted by molar-refractivity contribution is 8.29. The quantitative estimate of drug-likeness (QED) is 0.0710. The van der Waals surface area contributed by atoms with Gasteiger partial charge >= 0.3 is 23.9 Å². The molecule has 0 saturated heterocycles. The summed E-state index contributed by atoms with van der Waals surface area (Å²) in [5, 5.41) is 0.395. The molecule has 11 heteroatoms. The topological polar surface area (TPSA) is 105 Å². The first kappa shape index (κ1) is 36.4. The number of unbranched alkanes of at least 4 members (excludes halogenated alkanes) is 3. The van der Waals surface area contributed by atoms with E-state index in [4.69, 9.17) is 18.9 Å². The van der Waals surface area contributed by atoms with E-state index < -0.39 is 30.8 Å². The van der Waals surface area contributed by atoms with E-state index in [9.17, 15) is 19.2 Å². The van der Waals surface area contributed by atoms with Crippen molar-refractivity contribution in [3.8, 4) is 0 Å². The molecule has 228 valence electrons. The maximum absolute atomic E-state index is 13.9. The molecule has 1 aliphatic rings. The third-order valence-electron chi connectivity index (χ3n) is 6.20. The Bertz CT molecular complexity index is 955. The van der Waals surface area contributed by atoms with E-state index >= 15 is 0 Å². The van der Waals surface area contributed by atoms with Gasteiger partial charge in [0.1, 0.15) is 9.81 Å². The number of thioether (sulfide) groups is 2. The van der Waals surface area contributed by atoms with Crippen LogP contribution >= 0.6 is 30.4 Å². The molecule has 0 aliphatic carbocycles. The van der Waals surface area contributed by atoms with Crippen LogP contribution < -0.4 is 0 Å². The molecule has 0 N–H and O–H groups in total. The predicted molar refractivity (Wildman–Crippen MR) is 167 cm³/mol. The first-order valence-electron chi connectivity index (χ1n) is 14.5. The second-order valence-corrected chi connectivity index (χ2v) is 15.5. The standard InChI is InChI=1S/C29H47O8PS2/c1-8-15-18-38(19-16-9-2,20-17-10-3)22(26(31)35-12-5)21(25(30)34-11-4)29-39-23(27(32)36-13-6)24(40-29)28(33)37-14-7/h8-20H2,1-7H3. The Kier molecular flexibility index (Phi) is 17.7. The number of esters is 4. The van der Waals surface area contributed by atoms with E-state index in [0.29, 0.717) is 9.53 Å². The van der Waals surface area contributed by atoms with Gasteiger partial charge in [-0.15, -0.1) is 0 Å². The third kappa shape index (κ3) is 10.0. The average molecular weight is 619 g/mol. The molecule has 0 aromatic heterocycles. The zero-order valence-electron chi connectivity index (χ0n) is 25.2. The molecule has 0 unspecified atom stereocenters. The summed E-state index contributed by atoms with van der Waals surface area (Å²) < 4.78 is 22.0. The van der Waals surface area contributed by atoms with Gasteiger partial charge in [0, 0.05) is 0 Å². The van der Waals surface area contributed by atoms with Crippen LogP contribution in [-0.2, 0) is 38.1 Å². The lowest BCUT2D eigenvalue weighted by atomic mass is 10.2. The molecule has 0 radical (unpaired) electrons. The Hall–Kier alpha value is -1.64. The zero-order valence-corrected chi connectivity index (χ0v) is 27.7. The zero-order chi connectivity index (χ0) is 30.1. The maximum atomic E-state index is 13.9. The minimum Gasteiger partial charge on any atom is -0.462 e. The van der Waals surface area contributed by atoms with E-state index in [2.05, 4.69) is 20.8 Å². The van der Waals surface area contributed by atoms with Crippen molar-refractivity contribution >= 4 is 59.6 Å². The highest BCUT2D eigenvalue weighted by atomic mass is 32.2. The number of ether oxygens (including phenoxy) is 4. The summed E-state index contributed by atoms with van der Waals surface area (Å²) in [6.45, 7) is 11.4. The Morgan fingerprint density at radius 2 is 0.950 bits per heavy atom. The first-order chi connectivity index (χ1) is 19.2. The van der Waals surface area contributed by atoms with Crippen LogP contribution in [0, 0.1) is 0 Å². The maximum Gasteiger partial charge on any atom is 0.346 e. The van der Waals surface area contributed by atoms with E-state index in [1.807, 2.05) is 0 Å². The molecular formula is C29H47O8PS2. The van der Waals surface area contributed by atoms with Crippen molar-refractivity contribution in [2.24, 2.45) is 0 Å². The number of rotatable bonds is 18. The lowest BCUT2D eigenvalue weighted by Crippen LogP contribution is -2.30. The molecule has 0 aromatic rings. The molecule has 0 bridgehead atoms. The summed E-state index contributed by atoms with van der Waals surface area (Å²) in [5.74, 6) is -2.52. The van der Waals surface area contributed by atoms with Crippen LogP contribution in [0.15, 0.2) is 19.6 Å². The molecular weight excluding hydrogens is 571 g/mol. The molecule has 0 amide bonds. The minimum absolute atomic E-state index is 0.0462. The van der Waals surface area contributed by atoms with E-state index in [1.165, 1.54) is 0 Å². The Morgan fingerprint density at radius 3 is 1.30 bits per heavy atom. The first-order valence-corrected chi connectivity index (χ1v) is 18.5. The van der Waals surface area contributed by atoms with E-state index in [0.717, 1.165) is 80.5 Å². The van der Waals surface area contributed by atoms with E-state index in [-0.39, 0.29) is 41.8 Å². The molecule has 0 saturated carbocycles. The SMILES string of the molecule is CCCCP(CCCC)(CCCC)=C(C(=O)OCC)C(C(=O)OCC)=C1SC(C(=O)OCC)=C(C(=O)OCC)S1. The lowest BCUT2D eigenvalue weighted by Gasteiger charge is -2.31. The van der Waals surface area contributed by atoms with Crippen LogP contribution in [0.5, 0.6) is 0 Å². The van der Waals surface area contributed by atoms with Crippen molar-refractivity contribution in [1.29, 1.82) is 0 Å². The van der Waals surface area contributed by atoms with Gasteiger partial charge in [-0.25, -0.2) is 19.2 Å². The van der Waals surface area contributed by atoms with Crippen molar-refractivity contribution in [2.45, 2.75) is 87.0 Å². The number of carbonyl (C=O) groups is 4. The average Bonchev–Trinajstić information content (AvgIpc) is 3.37. The smallest absolute Gasteiger partial charge is 0.346 e. The second-order valence-electron chi connectivity index (χ2n) is 9.13. The summed E-state index contributed by atoms with van der Waals surface area (Å²) in [4.78, 5) is 53.6. The highest BCUT2D eigenvalue weighted by Gasteiger charge is 2.41. The van der Waals surface area contributed by atoms with Gasteiger partial charge in [0.05, 0.1) is 41.5 Å². The molecule has 1 rings (SSSR count). The van der Waals surface area contributed by atoms with Crippen LogP contribution in [0.3, 0.4) is 0 Å². The van der Waals surface area contributed by atoms with Gasteiger partial charge < -0.3 is 18.9 Å². The summed E-state index contributed by atoms with van der Waals surface area (Å²) in [5.41, 5.74) is 0.119. The second kappa shape index (κ2) is 19.5. The summed E-state index contributed by atoms with van der Waals surface area (Å²) in [7, 11) is 0. The molecule has 40 heavy (non-hydrogen) atoms. The van der Waals surface area contributed by atoms with Crippen molar-refractivity contribution in [2.75, 3.05) is 44.9 Å². The fraction of sp³-hybridized carbons (Fsp3) is 0.690. The Balaban J connectivity index is 4.19. The molecule has 0 spiro atoms. The largest absolute Gasteiger partial charge is 0.462 e. The minimum atomic E-state index is -2.23. The summed E-state index contributed by atoms with van der Waals surface area (Å²) >= 11 is 1.94. The molecule has 1 heterocycles. The lowest BCUT2D eigenvalue weighted by molar-refractivity contribution is -0.140. The van der Waals surface area contributed by atoms with Crippen LogP contribution in [-0.4, -0.2) is 74.1 Å². The van der Waals surface area contributed by atoms with Crippen LogP contribution in [0.2, 0.25) is 0 Å². The number of hydrogen-bond acceptors (Lipinski definition) is 10. The van der Waals surface area contributed by atoms with Gasteiger partial charge in [0.25, 0.3) is 0 Å². The monoisotopic (exact) mass is 618 g/mol. The van der Waals surface area contributed by atoms with Gasteiger partial charge in [0.15, 0.2) is 0 Å². The molecule has 0 fully saturated rings. The van der Waals surface area contributed by atoms with Crippen molar-refractivity contribution in [3.63, 3.8) is 0 Å². The molecule has 0 aromatic carbocycles. The molecule has 1 aliphatic heterocycles. The van der Waals surface area contributed by atoms with Crippen LogP contribution in [0.4, 0.5) is 0 Å². The Labute approximate surface area is 248 Å². The van der Waals surface area contributed by atoms with Gasteiger partial charge in [0.2, 0.25) is 0 Å². The fourth-order valence-corrected chi connectivity index (χ4v) is 12.2. The summed E-state index contributed by atoms with van der Waals surface area (Å²) in [6, 6.07) is 0. The molecule has 8 nitrogen and oxygen atoms in total. The normalized spacial score (nSPS) is 13.2. The van der Waals surface area contributed by atoms with Crippen LogP contribution in [0.1, 0.15) is 87.0 Å². The van der Waals surface area contributed by atoms with Gasteiger partial charge in [-0.3, -0.25) is 0 Å². The van der Waals surface area contributed by atoms with Crippen molar-refractivity contribution < 1.29 is 38.1 Å². The highest BCUT2D eigenvalue weighted by Crippen LogP contribution is 2.57. The molecule has 0 atom stereocenters.